The van der Waals surface area contributed by atoms with E-state index in [-0.39, 0.29) is 5.95 Å². The number of nitrogen functional groups attached to an aromatic ring is 1. The lowest BCUT2D eigenvalue weighted by atomic mass is 9.79. The van der Waals surface area contributed by atoms with Gasteiger partial charge in [0.05, 0.1) is 12.7 Å². The second kappa shape index (κ2) is 5.61. The van der Waals surface area contributed by atoms with Crippen LogP contribution in [-0.2, 0) is 0 Å². The number of anilines is 2. The molecule has 6 heteroatoms. The van der Waals surface area contributed by atoms with Gasteiger partial charge in [0.15, 0.2) is 0 Å². The van der Waals surface area contributed by atoms with Gasteiger partial charge in [0, 0.05) is 12.6 Å². The van der Waals surface area contributed by atoms with Crippen LogP contribution >= 0.6 is 0 Å². The summed E-state index contributed by atoms with van der Waals surface area (Å²) >= 11 is 0. The molecule has 1 aromatic heterocycles. The van der Waals surface area contributed by atoms with Gasteiger partial charge in [-0.1, -0.05) is 19.8 Å². The molecule has 4 N–H and O–H groups in total. The van der Waals surface area contributed by atoms with E-state index in [0.717, 1.165) is 19.3 Å². The zero-order chi connectivity index (χ0) is 13.9. The highest BCUT2D eigenvalue weighted by Gasteiger charge is 2.32. The number of nitrogens with two attached hydrogens (primary N) is 1. The fourth-order valence-corrected chi connectivity index (χ4v) is 2.69. The first-order valence-corrected chi connectivity index (χ1v) is 6.65. The first-order valence-electron chi connectivity index (χ1n) is 6.65. The quantitative estimate of drug-likeness (QED) is 0.763. The van der Waals surface area contributed by atoms with Crippen molar-refractivity contribution < 1.29 is 9.84 Å². The number of hydrogen-bond donors (Lipinski definition) is 3. The molecule has 0 bridgehead atoms. The molecule has 1 aliphatic carbocycles. The monoisotopic (exact) mass is 266 g/mol. The molecule has 2 rings (SSSR count). The van der Waals surface area contributed by atoms with Gasteiger partial charge in [-0.3, -0.25) is 0 Å². The van der Waals surface area contributed by atoms with Crippen molar-refractivity contribution in [1.82, 2.24) is 9.97 Å². The van der Waals surface area contributed by atoms with Crippen molar-refractivity contribution in [2.24, 2.45) is 5.92 Å². The smallest absolute Gasteiger partial charge is 0.225 e. The van der Waals surface area contributed by atoms with E-state index in [4.69, 9.17) is 10.5 Å². The molecule has 2 atom stereocenters. The Balaban J connectivity index is 1.99. The first-order chi connectivity index (χ1) is 9.00. The van der Waals surface area contributed by atoms with Crippen LogP contribution in [0.3, 0.4) is 0 Å². The summed E-state index contributed by atoms with van der Waals surface area (Å²) in [7, 11) is 1.53. The lowest BCUT2D eigenvalue weighted by Crippen LogP contribution is -2.41. The third kappa shape index (κ3) is 3.70. The number of aliphatic hydroxyl groups is 1. The molecule has 1 aliphatic rings. The predicted octanol–water partition coefficient (Wildman–Crippen LogP) is 1.42. The maximum absolute atomic E-state index is 10.5. The Kier molecular flexibility index (Phi) is 4.09. The van der Waals surface area contributed by atoms with Crippen LogP contribution in [0.2, 0.25) is 0 Å². The molecule has 19 heavy (non-hydrogen) atoms. The van der Waals surface area contributed by atoms with Gasteiger partial charge in [0.2, 0.25) is 11.8 Å². The van der Waals surface area contributed by atoms with E-state index in [0.29, 0.717) is 24.2 Å². The largest absolute Gasteiger partial charge is 0.481 e. The number of hydrogen-bond acceptors (Lipinski definition) is 6. The van der Waals surface area contributed by atoms with Crippen LogP contribution in [0, 0.1) is 5.92 Å². The molecule has 106 valence electrons. The van der Waals surface area contributed by atoms with Crippen LogP contribution in [0.25, 0.3) is 0 Å². The third-order valence-corrected chi connectivity index (χ3v) is 3.60. The van der Waals surface area contributed by atoms with Gasteiger partial charge in [0.25, 0.3) is 0 Å². The molecule has 0 spiro atoms. The minimum absolute atomic E-state index is 0.158. The van der Waals surface area contributed by atoms with Gasteiger partial charge in [-0.2, -0.15) is 9.97 Å². The molecule has 6 nitrogen and oxygen atoms in total. The summed E-state index contributed by atoms with van der Waals surface area (Å²) in [4.78, 5) is 8.00. The normalized spacial score (nSPS) is 27.0. The molecule has 0 radical (unpaired) electrons. The predicted molar refractivity (Wildman–Crippen MR) is 74.1 cm³/mol. The maximum atomic E-state index is 10.5. The summed E-state index contributed by atoms with van der Waals surface area (Å²) in [5, 5.41) is 13.7. The highest BCUT2D eigenvalue weighted by atomic mass is 16.5. The van der Waals surface area contributed by atoms with Crippen LogP contribution in [0.1, 0.15) is 32.6 Å². The van der Waals surface area contributed by atoms with E-state index >= 15 is 0 Å². The molecular formula is C13H22N4O2. The number of nitrogens with zero attached hydrogens (tertiary/aromatic N) is 2. The SMILES string of the molecule is COc1cc(NCC2(O)CCCC(C)C2)nc(N)n1. The fraction of sp³-hybridized carbons (Fsp3) is 0.692. The number of aromatic nitrogens is 2. The van der Waals surface area contributed by atoms with Crippen LogP contribution < -0.4 is 15.8 Å². The van der Waals surface area contributed by atoms with Crippen molar-refractivity contribution in [3.8, 4) is 5.88 Å². The molecular weight excluding hydrogens is 244 g/mol. The summed E-state index contributed by atoms with van der Waals surface area (Å²) in [6.07, 6.45) is 3.89. The fourth-order valence-electron chi connectivity index (χ4n) is 2.69. The lowest BCUT2D eigenvalue weighted by molar-refractivity contribution is -0.000832. The average Bonchev–Trinajstić information content (AvgIpc) is 2.35. The van der Waals surface area contributed by atoms with Crippen molar-refractivity contribution in [2.45, 2.75) is 38.2 Å². The van der Waals surface area contributed by atoms with Gasteiger partial charge >= 0.3 is 0 Å². The Bertz CT molecular complexity index is 441. The zero-order valence-corrected chi connectivity index (χ0v) is 11.5. The van der Waals surface area contributed by atoms with E-state index in [9.17, 15) is 5.11 Å². The number of ether oxygens (including phenoxy) is 1. The van der Waals surface area contributed by atoms with Crippen LogP contribution in [-0.4, -0.2) is 34.3 Å². The molecule has 1 saturated carbocycles. The number of rotatable bonds is 4. The highest BCUT2D eigenvalue weighted by Crippen LogP contribution is 2.32. The van der Waals surface area contributed by atoms with Gasteiger partial charge in [-0.05, 0) is 18.8 Å². The third-order valence-electron chi connectivity index (χ3n) is 3.60. The van der Waals surface area contributed by atoms with E-state index in [1.807, 2.05) is 0 Å². The Morgan fingerprint density at radius 2 is 2.37 bits per heavy atom. The average molecular weight is 266 g/mol. The molecule has 0 amide bonds. The summed E-state index contributed by atoms with van der Waals surface area (Å²) in [5.74, 6) is 1.71. The molecule has 0 aromatic carbocycles. The Labute approximate surface area is 113 Å². The van der Waals surface area contributed by atoms with Gasteiger partial charge < -0.3 is 20.9 Å². The second-order valence-electron chi connectivity index (χ2n) is 5.43. The molecule has 1 aromatic rings. The maximum Gasteiger partial charge on any atom is 0.225 e. The Morgan fingerprint density at radius 1 is 1.58 bits per heavy atom. The molecule has 0 saturated heterocycles. The summed E-state index contributed by atoms with van der Waals surface area (Å²) in [6.45, 7) is 2.65. The van der Waals surface area contributed by atoms with Crippen molar-refractivity contribution in [1.29, 1.82) is 0 Å². The van der Waals surface area contributed by atoms with Crippen molar-refractivity contribution in [3.63, 3.8) is 0 Å². The Morgan fingerprint density at radius 3 is 3.05 bits per heavy atom. The summed E-state index contributed by atoms with van der Waals surface area (Å²) in [5.41, 5.74) is 4.93. The van der Waals surface area contributed by atoms with Crippen molar-refractivity contribution in [3.05, 3.63) is 6.07 Å². The first kappa shape index (κ1) is 13.9. The van der Waals surface area contributed by atoms with Gasteiger partial charge in [-0.15, -0.1) is 0 Å². The standard InChI is InChI=1S/C13H22N4O2/c1-9-4-3-5-13(18,7-9)8-15-10-6-11(19-2)17-12(14)16-10/h6,9,18H,3-5,7-8H2,1-2H3,(H3,14,15,16,17). The minimum Gasteiger partial charge on any atom is -0.481 e. The molecule has 1 fully saturated rings. The van der Waals surface area contributed by atoms with E-state index in [1.165, 1.54) is 13.5 Å². The Hall–Kier alpha value is -1.56. The number of nitrogens with one attached hydrogen (secondary N) is 1. The topological polar surface area (TPSA) is 93.3 Å². The van der Waals surface area contributed by atoms with Crippen molar-refractivity contribution in [2.75, 3.05) is 24.7 Å². The zero-order valence-electron chi connectivity index (χ0n) is 11.5. The summed E-state index contributed by atoms with van der Waals surface area (Å²) in [6, 6.07) is 1.67. The van der Waals surface area contributed by atoms with E-state index in [2.05, 4.69) is 22.2 Å². The van der Waals surface area contributed by atoms with Crippen LogP contribution in [0.5, 0.6) is 5.88 Å². The van der Waals surface area contributed by atoms with Crippen LogP contribution in [0.4, 0.5) is 11.8 Å². The molecule has 0 aliphatic heterocycles. The van der Waals surface area contributed by atoms with E-state index < -0.39 is 5.60 Å². The lowest BCUT2D eigenvalue weighted by Gasteiger charge is -2.35. The highest BCUT2D eigenvalue weighted by molar-refractivity contribution is 5.43. The molecule has 2 unspecified atom stereocenters. The van der Waals surface area contributed by atoms with Gasteiger partial charge in [0.1, 0.15) is 5.82 Å². The number of methoxy groups -OCH3 is 1. The molecule has 1 heterocycles. The second-order valence-corrected chi connectivity index (χ2v) is 5.43. The van der Waals surface area contributed by atoms with Crippen LogP contribution in [0.15, 0.2) is 6.07 Å². The van der Waals surface area contributed by atoms with Gasteiger partial charge in [-0.25, -0.2) is 0 Å². The van der Waals surface area contributed by atoms with Crippen molar-refractivity contribution >= 4 is 11.8 Å². The minimum atomic E-state index is -0.662. The van der Waals surface area contributed by atoms with E-state index in [1.54, 1.807) is 6.07 Å². The summed E-state index contributed by atoms with van der Waals surface area (Å²) < 4.78 is 5.04.